The molecule has 14 heteroatoms. The molecule has 0 radical (unpaired) electrons. The topological polar surface area (TPSA) is 119 Å². The number of esters is 2. The summed E-state index contributed by atoms with van der Waals surface area (Å²) in [6.45, 7) is 0. The Morgan fingerprint density at radius 1 is 1.12 bits per heavy atom. The SMILES string of the molecule is O=C1OC2(Oc3c(I)c(I)cc(I)c31)C1CC3CC2CC(OC(=O)C(F)(F)S(=O)(=O)[O-])(C3)C1. The van der Waals surface area contributed by atoms with Crippen molar-refractivity contribution in [2.45, 2.75) is 48.7 Å². The van der Waals surface area contributed by atoms with Gasteiger partial charge < -0.3 is 18.8 Å². The van der Waals surface area contributed by atoms with Gasteiger partial charge in [0.2, 0.25) is 0 Å². The standard InChI is InChI=1S/C19H15F2I3O8S/c20-19(21,33(27,28)29)16(26)32-17-4-7-1-8(5-17)18(9(2-7)6-17)30-14-12(15(25)31-18)10(22)3-11(23)13(14)24/h3,7-9H,1-2,4-6H2,(H,27,28,29)/p-1. The summed E-state index contributed by atoms with van der Waals surface area (Å²) in [6.07, 6.45) is 1.54. The van der Waals surface area contributed by atoms with Gasteiger partial charge in [0.25, 0.3) is 5.79 Å². The summed E-state index contributed by atoms with van der Waals surface area (Å²) in [5.41, 5.74) is -1.03. The van der Waals surface area contributed by atoms with E-state index in [-0.39, 0.29) is 25.2 Å². The first kappa shape index (κ1) is 24.6. The Bertz CT molecular complexity index is 1190. The molecule has 0 aromatic heterocycles. The van der Waals surface area contributed by atoms with Gasteiger partial charge in [-0.2, -0.15) is 8.78 Å². The van der Waals surface area contributed by atoms with Gasteiger partial charge in [0.1, 0.15) is 11.2 Å². The summed E-state index contributed by atoms with van der Waals surface area (Å²) in [4.78, 5) is 25.1. The van der Waals surface area contributed by atoms with E-state index in [1.165, 1.54) is 0 Å². The lowest BCUT2D eigenvalue weighted by Gasteiger charge is -2.63. The van der Waals surface area contributed by atoms with Crippen molar-refractivity contribution in [1.82, 2.24) is 0 Å². The van der Waals surface area contributed by atoms with E-state index in [9.17, 15) is 31.3 Å². The van der Waals surface area contributed by atoms with Gasteiger partial charge in [-0.15, -0.1) is 0 Å². The Morgan fingerprint density at radius 2 is 1.73 bits per heavy atom. The second-order valence-electron chi connectivity index (χ2n) is 8.96. The fraction of sp³-hybridized carbons (Fsp3) is 0.579. The highest BCUT2D eigenvalue weighted by Crippen LogP contribution is 2.64. The van der Waals surface area contributed by atoms with E-state index in [1.807, 2.05) is 28.7 Å². The summed E-state index contributed by atoms with van der Waals surface area (Å²) < 4.78 is 80.0. The second kappa shape index (κ2) is 7.71. The van der Waals surface area contributed by atoms with Crippen LogP contribution in [0.2, 0.25) is 0 Å². The Kier molecular flexibility index (Phi) is 5.75. The summed E-state index contributed by atoms with van der Waals surface area (Å²) in [5.74, 6) is -4.69. The van der Waals surface area contributed by atoms with Crippen molar-refractivity contribution in [2.75, 3.05) is 0 Å². The molecular weight excluding hydrogens is 807 g/mol. The first-order valence-electron chi connectivity index (χ1n) is 9.86. The minimum absolute atomic E-state index is 0.00257. The highest BCUT2D eigenvalue weighted by Gasteiger charge is 2.69. The first-order chi connectivity index (χ1) is 15.2. The highest BCUT2D eigenvalue weighted by atomic mass is 127. The molecule has 1 heterocycles. The monoisotopic (exact) mass is 821 g/mol. The fourth-order valence-corrected chi connectivity index (χ4v) is 8.62. The lowest BCUT2D eigenvalue weighted by atomic mass is 9.51. The Balaban J connectivity index is 1.49. The van der Waals surface area contributed by atoms with Gasteiger partial charge in [-0.25, -0.2) is 18.0 Å². The Hall–Kier alpha value is -0.0800. The maximum Gasteiger partial charge on any atom is 0.428 e. The molecule has 4 aliphatic carbocycles. The normalized spacial score (nSPS) is 34.6. The van der Waals surface area contributed by atoms with Crippen molar-refractivity contribution in [3.8, 4) is 5.75 Å². The number of alkyl halides is 2. The highest BCUT2D eigenvalue weighted by molar-refractivity contribution is 14.1. The van der Waals surface area contributed by atoms with Crippen LogP contribution in [-0.2, 0) is 24.4 Å². The Morgan fingerprint density at radius 3 is 2.30 bits per heavy atom. The second-order valence-corrected chi connectivity index (χ2v) is 13.8. The van der Waals surface area contributed by atoms with E-state index in [4.69, 9.17) is 14.2 Å². The predicted octanol–water partition coefficient (Wildman–Crippen LogP) is 4.01. The number of carbonyl (C=O) groups excluding carboxylic acids is 2. The minimum atomic E-state index is -6.22. The number of halogens is 5. The van der Waals surface area contributed by atoms with E-state index in [2.05, 4.69) is 45.2 Å². The number of hydrogen-bond acceptors (Lipinski definition) is 8. The van der Waals surface area contributed by atoms with Crippen LogP contribution in [0, 0.1) is 28.5 Å². The molecule has 0 amide bonds. The third-order valence-corrected chi connectivity index (χ3v) is 11.6. The van der Waals surface area contributed by atoms with Crippen molar-refractivity contribution < 1.29 is 45.6 Å². The molecule has 1 aliphatic heterocycles. The molecule has 4 bridgehead atoms. The van der Waals surface area contributed by atoms with Gasteiger partial charge in [0.15, 0.2) is 15.9 Å². The van der Waals surface area contributed by atoms with E-state index in [0.717, 1.165) is 7.14 Å². The van der Waals surface area contributed by atoms with Crippen molar-refractivity contribution in [2.24, 2.45) is 17.8 Å². The molecule has 180 valence electrons. The molecule has 1 spiro atoms. The van der Waals surface area contributed by atoms with Gasteiger partial charge >= 0.3 is 17.2 Å². The smallest absolute Gasteiger partial charge is 0.428 e. The van der Waals surface area contributed by atoms with Crippen LogP contribution >= 0.6 is 67.8 Å². The molecule has 6 rings (SSSR count). The molecule has 4 saturated carbocycles. The van der Waals surface area contributed by atoms with Gasteiger partial charge in [-0.3, -0.25) is 0 Å². The predicted molar refractivity (Wildman–Crippen MR) is 130 cm³/mol. The molecule has 1 aromatic carbocycles. The van der Waals surface area contributed by atoms with Crippen LogP contribution in [0.3, 0.4) is 0 Å². The van der Waals surface area contributed by atoms with Crippen LogP contribution in [0.25, 0.3) is 0 Å². The molecule has 33 heavy (non-hydrogen) atoms. The van der Waals surface area contributed by atoms with Crippen LogP contribution < -0.4 is 4.74 Å². The third kappa shape index (κ3) is 3.61. The molecule has 2 atom stereocenters. The van der Waals surface area contributed by atoms with Crippen molar-refractivity contribution in [1.29, 1.82) is 0 Å². The summed E-state index contributed by atoms with van der Waals surface area (Å²) >= 11 is 6.29. The zero-order chi connectivity index (χ0) is 24.1. The van der Waals surface area contributed by atoms with E-state index in [0.29, 0.717) is 27.7 Å². The molecule has 8 nitrogen and oxygen atoms in total. The molecular formula is C19H14F2I3O8S-. The number of benzene rings is 1. The van der Waals surface area contributed by atoms with E-state index < -0.39 is 50.5 Å². The Labute approximate surface area is 228 Å². The molecule has 5 aliphatic rings. The fourth-order valence-electron chi connectivity index (χ4n) is 5.91. The van der Waals surface area contributed by atoms with Crippen molar-refractivity contribution in [3.05, 3.63) is 22.3 Å². The van der Waals surface area contributed by atoms with Gasteiger partial charge in [0.05, 0.1) is 3.57 Å². The zero-order valence-corrected chi connectivity index (χ0v) is 23.7. The molecule has 1 aromatic rings. The molecule has 2 unspecified atom stereocenters. The van der Waals surface area contributed by atoms with Crippen LogP contribution in [0.15, 0.2) is 6.07 Å². The number of ether oxygens (including phenoxy) is 3. The molecule has 0 saturated heterocycles. The van der Waals surface area contributed by atoms with Crippen LogP contribution in [0.5, 0.6) is 5.75 Å². The lowest BCUT2D eigenvalue weighted by molar-refractivity contribution is -0.309. The number of hydrogen-bond donors (Lipinski definition) is 0. The summed E-state index contributed by atoms with van der Waals surface area (Å²) in [6, 6.07) is 1.85. The average Bonchev–Trinajstić information content (AvgIpc) is 2.68. The van der Waals surface area contributed by atoms with Crippen molar-refractivity contribution in [3.63, 3.8) is 0 Å². The average molecular weight is 821 g/mol. The maximum absolute atomic E-state index is 13.8. The van der Waals surface area contributed by atoms with E-state index >= 15 is 0 Å². The summed E-state index contributed by atoms with van der Waals surface area (Å²) in [7, 11) is -6.22. The molecule has 4 fully saturated rings. The van der Waals surface area contributed by atoms with Crippen LogP contribution in [0.1, 0.15) is 42.5 Å². The van der Waals surface area contributed by atoms with Crippen molar-refractivity contribution >= 4 is 89.8 Å². The largest absolute Gasteiger partial charge is 0.743 e. The van der Waals surface area contributed by atoms with Gasteiger partial charge in [0, 0.05) is 19.0 Å². The maximum atomic E-state index is 13.8. The minimum Gasteiger partial charge on any atom is -0.743 e. The van der Waals surface area contributed by atoms with Gasteiger partial charge in [-0.05, 0) is 112 Å². The van der Waals surface area contributed by atoms with Gasteiger partial charge in [-0.1, -0.05) is 0 Å². The third-order valence-electron chi connectivity index (χ3n) is 6.98. The lowest BCUT2D eigenvalue weighted by Crippen LogP contribution is -2.69. The number of fused-ring (bicyclic) bond motifs is 1. The quantitative estimate of drug-likeness (QED) is 0.195. The molecule has 0 N–H and O–H groups in total. The first-order valence-corrected chi connectivity index (χ1v) is 14.5. The number of rotatable bonds is 3. The van der Waals surface area contributed by atoms with Crippen LogP contribution in [0.4, 0.5) is 8.78 Å². The number of carbonyl (C=O) groups is 2. The zero-order valence-electron chi connectivity index (χ0n) is 16.4. The summed E-state index contributed by atoms with van der Waals surface area (Å²) in [5, 5.41) is -5.18. The van der Waals surface area contributed by atoms with Crippen LogP contribution in [-0.4, -0.2) is 41.6 Å². The van der Waals surface area contributed by atoms with E-state index in [1.54, 1.807) is 0 Å².